The minimum Gasteiger partial charge on any atom is -0.384 e. The fraction of sp³-hybridized carbons (Fsp3) is 0.400. The molecule has 0 fully saturated rings. The van der Waals surface area contributed by atoms with E-state index in [4.69, 9.17) is 5.73 Å². The Bertz CT molecular complexity index is 542. The van der Waals surface area contributed by atoms with Crippen LogP contribution in [0.3, 0.4) is 0 Å². The van der Waals surface area contributed by atoms with Gasteiger partial charge in [0.25, 0.3) is 5.91 Å². The van der Waals surface area contributed by atoms with Gasteiger partial charge in [0, 0.05) is 18.0 Å². The third-order valence-corrected chi connectivity index (χ3v) is 2.44. The molecular weight excluding hydrogens is 234 g/mol. The van der Waals surface area contributed by atoms with Crippen molar-refractivity contribution in [3.63, 3.8) is 0 Å². The Hall–Kier alpha value is -2.38. The van der Waals surface area contributed by atoms with Gasteiger partial charge in [-0.3, -0.25) is 15.0 Å². The predicted octanol–water partition coefficient (Wildman–Crippen LogP) is 0.163. The van der Waals surface area contributed by atoms with E-state index in [2.05, 4.69) is 30.7 Å². The molecule has 0 radical (unpaired) electrons. The number of hydrogen-bond donors (Lipinski definition) is 4. The molecule has 0 spiro atoms. The molecule has 8 nitrogen and oxygen atoms in total. The molecule has 5 N–H and O–H groups in total. The number of carbonyl (C=O) groups excluding carboxylic acids is 1. The first-order valence-electron chi connectivity index (χ1n) is 5.56. The molecule has 0 unspecified atom stereocenters. The minimum atomic E-state index is -0.348. The molecule has 8 heteroatoms. The number of aromatic nitrogens is 5. The molecule has 0 bridgehead atoms. The molecule has 2 aromatic rings. The molecule has 0 aliphatic carbocycles. The molecule has 0 aromatic carbocycles. The van der Waals surface area contributed by atoms with Gasteiger partial charge < -0.3 is 11.1 Å². The maximum Gasteiger partial charge on any atom is 0.291 e. The zero-order valence-electron chi connectivity index (χ0n) is 10.2. The summed E-state index contributed by atoms with van der Waals surface area (Å²) in [5.74, 6) is 1.10. The third-order valence-electron chi connectivity index (χ3n) is 2.44. The van der Waals surface area contributed by atoms with Crippen LogP contribution in [-0.2, 0) is 6.54 Å². The van der Waals surface area contributed by atoms with Crippen LogP contribution in [0.5, 0.6) is 0 Å². The van der Waals surface area contributed by atoms with Crippen LogP contribution < -0.4 is 11.1 Å². The number of nitrogens with one attached hydrogen (secondary N) is 3. The number of H-pyrrole nitrogens is 2. The number of nitrogens with zero attached hydrogens (tertiary/aromatic N) is 3. The number of aromatic amines is 2. The van der Waals surface area contributed by atoms with Crippen LogP contribution in [-0.4, -0.2) is 31.3 Å². The molecule has 0 atom stereocenters. The monoisotopic (exact) mass is 249 g/mol. The first-order chi connectivity index (χ1) is 8.58. The van der Waals surface area contributed by atoms with E-state index in [1.165, 1.54) is 0 Å². The lowest BCUT2D eigenvalue weighted by molar-refractivity contribution is 0.0941. The van der Waals surface area contributed by atoms with E-state index in [9.17, 15) is 4.79 Å². The zero-order valence-corrected chi connectivity index (χ0v) is 10.2. The Morgan fingerprint density at radius 1 is 1.50 bits per heavy atom. The van der Waals surface area contributed by atoms with Gasteiger partial charge in [0.05, 0.1) is 6.20 Å². The highest BCUT2D eigenvalue weighted by molar-refractivity contribution is 5.90. The van der Waals surface area contributed by atoms with Gasteiger partial charge in [0.1, 0.15) is 11.6 Å². The van der Waals surface area contributed by atoms with E-state index >= 15 is 0 Å². The number of rotatable bonds is 4. The van der Waals surface area contributed by atoms with Crippen molar-refractivity contribution in [1.82, 2.24) is 30.7 Å². The highest BCUT2D eigenvalue weighted by Crippen LogP contribution is 2.08. The fourth-order valence-corrected chi connectivity index (χ4v) is 1.35. The number of carbonyl (C=O) groups is 1. The van der Waals surface area contributed by atoms with Gasteiger partial charge in [0.15, 0.2) is 0 Å². The summed E-state index contributed by atoms with van der Waals surface area (Å²) in [5.41, 5.74) is 6.33. The van der Waals surface area contributed by atoms with E-state index < -0.39 is 0 Å². The first kappa shape index (κ1) is 12.1. The Morgan fingerprint density at radius 3 is 2.83 bits per heavy atom. The molecule has 96 valence electrons. The van der Waals surface area contributed by atoms with E-state index in [1.807, 2.05) is 13.8 Å². The van der Waals surface area contributed by atoms with Crippen molar-refractivity contribution in [1.29, 1.82) is 0 Å². The quantitative estimate of drug-likeness (QED) is 0.614. The SMILES string of the molecule is CC(C)c1nc(C(=O)NCc2cn[nH]c2N)n[nH]1. The smallest absolute Gasteiger partial charge is 0.291 e. The minimum absolute atomic E-state index is 0.126. The van der Waals surface area contributed by atoms with Crippen LogP contribution in [0, 0.1) is 0 Å². The molecule has 2 rings (SSSR count). The molecule has 0 saturated heterocycles. The normalized spacial score (nSPS) is 10.8. The van der Waals surface area contributed by atoms with Gasteiger partial charge in [-0.2, -0.15) is 5.10 Å². The van der Waals surface area contributed by atoms with E-state index in [1.54, 1.807) is 6.20 Å². The second kappa shape index (κ2) is 4.86. The second-order valence-electron chi connectivity index (χ2n) is 4.19. The average molecular weight is 249 g/mol. The summed E-state index contributed by atoms with van der Waals surface area (Å²) in [6.07, 6.45) is 1.56. The Labute approximate surface area is 103 Å². The summed E-state index contributed by atoms with van der Waals surface area (Å²) in [5, 5.41) is 15.6. The fourth-order valence-electron chi connectivity index (χ4n) is 1.35. The number of anilines is 1. The highest BCUT2D eigenvalue weighted by Gasteiger charge is 2.14. The van der Waals surface area contributed by atoms with Crippen LogP contribution in [0.15, 0.2) is 6.20 Å². The highest BCUT2D eigenvalue weighted by atomic mass is 16.2. The lowest BCUT2D eigenvalue weighted by atomic mass is 10.2. The second-order valence-corrected chi connectivity index (χ2v) is 4.19. The summed E-state index contributed by atoms with van der Waals surface area (Å²) in [6, 6.07) is 0. The number of nitrogen functional groups attached to an aromatic ring is 1. The van der Waals surface area contributed by atoms with Crippen molar-refractivity contribution in [2.24, 2.45) is 0 Å². The van der Waals surface area contributed by atoms with Gasteiger partial charge in [0.2, 0.25) is 5.82 Å². The Balaban J connectivity index is 1.97. The van der Waals surface area contributed by atoms with Gasteiger partial charge in [-0.25, -0.2) is 4.98 Å². The standard InChI is InChI=1S/C10H15N7O/c1-5(2)8-14-9(17-16-8)10(18)12-3-6-4-13-15-7(6)11/h4-5H,3H2,1-2H3,(H,12,18)(H3,11,13,15)(H,14,16,17). The molecule has 0 aliphatic heterocycles. The van der Waals surface area contributed by atoms with Crippen LogP contribution >= 0.6 is 0 Å². The molecule has 0 aliphatic rings. The summed E-state index contributed by atoms with van der Waals surface area (Å²) < 4.78 is 0. The summed E-state index contributed by atoms with van der Waals surface area (Å²) in [6.45, 7) is 4.22. The maximum atomic E-state index is 11.8. The lowest BCUT2D eigenvalue weighted by Gasteiger charge is -2.00. The number of amides is 1. The van der Waals surface area contributed by atoms with Crippen molar-refractivity contribution in [3.8, 4) is 0 Å². The van der Waals surface area contributed by atoms with E-state index in [0.717, 1.165) is 5.56 Å². The van der Waals surface area contributed by atoms with Gasteiger partial charge in [-0.05, 0) is 0 Å². The Morgan fingerprint density at radius 2 is 2.28 bits per heavy atom. The number of nitrogens with two attached hydrogens (primary N) is 1. The van der Waals surface area contributed by atoms with Crippen molar-refractivity contribution >= 4 is 11.7 Å². The van der Waals surface area contributed by atoms with Crippen molar-refractivity contribution in [2.75, 3.05) is 5.73 Å². The van der Waals surface area contributed by atoms with Crippen molar-refractivity contribution in [2.45, 2.75) is 26.3 Å². The Kier molecular flexibility index (Phi) is 3.26. The zero-order chi connectivity index (χ0) is 13.1. The molecular formula is C10H15N7O. The lowest BCUT2D eigenvalue weighted by Crippen LogP contribution is -2.24. The topological polar surface area (TPSA) is 125 Å². The van der Waals surface area contributed by atoms with Crippen LogP contribution in [0.1, 0.15) is 41.8 Å². The van der Waals surface area contributed by atoms with E-state index in [-0.39, 0.29) is 24.2 Å². The van der Waals surface area contributed by atoms with Crippen LogP contribution in [0.25, 0.3) is 0 Å². The molecule has 1 amide bonds. The molecule has 18 heavy (non-hydrogen) atoms. The van der Waals surface area contributed by atoms with Gasteiger partial charge >= 0.3 is 0 Å². The largest absolute Gasteiger partial charge is 0.384 e. The molecule has 0 saturated carbocycles. The molecule has 2 aromatic heterocycles. The van der Waals surface area contributed by atoms with Gasteiger partial charge in [-0.1, -0.05) is 13.8 Å². The summed E-state index contributed by atoms with van der Waals surface area (Å²) in [4.78, 5) is 15.9. The first-order valence-corrected chi connectivity index (χ1v) is 5.56. The van der Waals surface area contributed by atoms with Crippen LogP contribution in [0.2, 0.25) is 0 Å². The number of hydrogen-bond acceptors (Lipinski definition) is 5. The summed E-state index contributed by atoms with van der Waals surface area (Å²) in [7, 11) is 0. The average Bonchev–Trinajstić information content (AvgIpc) is 2.94. The van der Waals surface area contributed by atoms with E-state index in [0.29, 0.717) is 11.6 Å². The third kappa shape index (κ3) is 2.47. The summed E-state index contributed by atoms with van der Waals surface area (Å²) >= 11 is 0. The maximum absolute atomic E-state index is 11.8. The molecule has 2 heterocycles. The van der Waals surface area contributed by atoms with Gasteiger partial charge in [-0.15, -0.1) is 5.10 Å². The van der Waals surface area contributed by atoms with Crippen molar-refractivity contribution < 1.29 is 4.79 Å². The van der Waals surface area contributed by atoms with Crippen molar-refractivity contribution in [3.05, 3.63) is 23.4 Å². The predicted molar refractivity (Wildman–Crippen MR) is 64.6 cm³/mol. The van der Waals surface area contributed by atoms with Crippen LogP contribution in [0.4, 0.5) is 5.82 Å².